The first-order valence-corrected chi connectivity index (χ1v) is 4.75. The predicted molar refractivity (Wildman–Crippen MR) is 57.7 cm³/mol. The van der Waals surface area contributed by atoms with Crippen LogP contribution in [0.3, 0.4) is 0 Å². The van der Waals surface area contributed by atoms with Crippen molar-refractivity contribution in [1.82, 2.24) is 0 Å². The van der Waals surface area contributed by atoms with E-state index >= 15 is 0 Å². The van der Waals surface area contributed by atoms with Gasteiger partial charge in [-0.2, -0.15) is 0 Å². The van der Waals surface area contributed by atoms with Gasteiger partial charge in [-0.15, -0.1) is 6.42 Å². The summed E-state index contributed by atoms with van der Waals surface area (Å²) in [6.45, 7) is 3.71. The summed E-state index contributed by atoms with van der Waals surface area (Å²) in [6.07, 6.45) is 5.30. The zero-order valence-corrected chi connectivity index (χ0v) is 9.26. The molecule has 2 heteroatoms. The van der Waals surface area contributed by atoms with Gasteiger partial charge in [0.1, 0.15) is 5.75 Å². The summed E-state index contributed by atoms with van der Waals surface area (Å²) < 4.78 is 6.58. The largest absolute Gasteiger partial charge is 0.475 e. The van der Waals surface area contributed by atoms with Crippen molar-refractivity contribution in [3.63, 3.8) is 0 Å². The lowest BCUT2D eigenvalue weighted by molar-refractivity contribution is 0.172. The van der Waals surface area contributed by atoms with E-state index in [9.17, 15) is 0 Å². The Balaban J connectivity index is 2.77. The third kappa shape index (κ3) is 3.12. The molecule has 0 saturated heterocycles. The van der Waals surface area contributed by atoms with E-state index in [2.05, 4.69) is 21.9 Å². The minimum atomic E-state index is -0.548. The monoisotopic (exact) mass is 238 g/mol. The molecule has 0 atom stereocenters. The lowest BCUT2D eigenvalue weighted by Crippen LogP contribution is -2.25. The molecule has 1 rings (SSSR count). The van der Waals surface area contributed by atoms with Crippen molar-refractivity contribution in [3.05, 3.63) is 28.7 Å². The van der Waals surface area contributed by atoms with Crippen LogP contribution in [0.25, 0.3) is 0 Å². The van der Waals surface area contributed by atoms with Gasteiger partial charge in [0.2, 0.25) is 0 Å². The number of hydrogen-bond acceptors (Lipinski definition) is 1. The van der Waals surface area contributed by atoms with Gasteiger partial charge in [0.15, 0.2) is 5.60 Å². The molecule has 0 aliphatic heterocycles. The standard InChI is InChI=1S/C11H11BrO/c1-4-11(2,3)13-10-7-5-9(12)6-8-10/h1,5-8H,2-3H3. The molecule has 0 aromatic heterocycles. The molecule has 0 aliphatic carbocycles. The SMILES string of the molecule is C#CC(C)(C)Oc1ccc(Br)cc1. The molecular formula is C11H11BrO. The smallest absolute Gasteiger partial charge is 0.163 e. The maximum absolute atomic E-state index is 5.55. The van der Waals surface area contributed by atoms with Crippen LogP contribution in [0.2, 0.25) is 0 Å². The number of ether oxygens (including phenoxy) is 1. The van der Waals surface area contributed by atoms with Gasteiger partial charge < -0.3 is 4.74 Å². The second-order valence-corrected chi connectivity index (χ2v) is 4.13. The van der Waals surface area contributed by atoms with Crippen molar-refractivity contribution in [2.75, 3.05) is 0 Å². The van der Waals surface area contributed by atoms with Crippen LogP contribution in [-0.2, 0) is 0 Å². The van der Waals surface area contributed by atoms with Crippen LogP contribution in [0.15, 0.2) is 28.7 Å². The van der Waals surface area contributed by atoms with Gasteiger partial charge in [0.25, 0.3) is 0 Å². The number of hydrogen-bond donors (Lipinski definition) is 0. The minimum Gasteiger partial charge on any atom is -0.475 e. The molecule has 13 heavy (non-hydrogen) atoms. The fraction of sp³-hybridized carbons (Fsp3) is 0.273. The third-order valence-corrected chi connectivity index (χ3v) is 2.06. The zero-order chi connectivity index (χ0) is 9.90. The molecule has 0 bridgehead atoms. The lowest BCUT2D eigenvalue weighted by atomic mass is 10.1. The quantitative estimate of drug-likeness (QED) is 0.720. The number of rotatable bonds is 2. The van der Waals surface area contributed by atoms with Gasteiger partial charge >= 0.3 is 0 Å². The van der Waals surface area contributed by atoms with E-state index in [1.165, 1.54) is 0 Å². The highest BCUT2D eigenvalue weighted by Gasteiger charge is 2.14. The Morgan fingerprint density at radius 1 is 1.31 bits per heavy atom. The summed E-state index contributed by atoms with van der Waals surface area (Å²) >= 11 is 3.35. The van der Waals surface area contributed by atoms with Gasteiger partial charge in [-0.25, -0.2) is 0 Å². The summed E-state index contributed by atoms with van der Waals surface area (Å²) in [5.74, 6) is 3.35. The minimum absolute atomic E-state index is 0.548. The highest BCUT2D eigenvalue weighted by Crippen LogP contribution is 2.20. The summed E-state index contributed by atoms with van der Waals surface area (Å²) in [6, 6.07) is 7.59. The van der Waals surface area contributed by atoms with E-state index in [1.807, 2.05) is 38.1 Å². The molecule has 0 aliphatic rings. The Bertz CT molecular complexity index is 319. The first-order valence-electron chi connectivity index (χ1n) is 3.96. The molecule has 0 saturated carbocycles. The van der Waals surface area contributed by atoms with Gasteiger partial charge in [0, 0.05) is 4.47 Å². The molecule has 0 amide bonds. The van der Waals surface area contributed by atoms with Crippen molar-refractivity contribution in [3.8, 4) is 18.1 Å². The highest BCUT2D eigenvalue weighted by molar-refractivity contribution is 9.10. The van der Waals surface area contributed by atoms with Crippen molar-refractivity contribution >= 4 is 15.9 Å². The first-order chi connectivity index (χ1) is 6.03. The number of halogens is 1. The van der Waals surface area contributed by atoms with E-state index < -0.39 is 5.60 Å². The fourth-order valence-corrected chi connectivity index (χ4v) is 1.09. The summed E-state index contributed by atoms with van der Waals surface area (Å²) in [5, 5.41) is 0. The summed E-state index contributed by atoms with van der Waals surface area (Å²) in [4.78, 5) is 0. The van der Waals surface area contributed by atoms with Crippen LogP contribution in [0.5, 0.6) is 5.75 Å². The molecule has 1 aromatic carbocycles. The maximum atomic E-state index is 5.55. The topological polar surface area (TPSA) is 9.23 Å². The molecule has 0 fully saturated rings. The molecule has 0 spiro atoms. The maximum Gasteiger partial charge on any atom is 0.163 e. The second-order valence-electron chi connectivity index (χ2n) is 3.21. The molecule has 0 heterocycles. The molecule has 0 radical (unpaired) electrons. The summed E-state index contributed by atoms with van der Waals surface area (Å²) in [7, 11) is 0. The third-order valence-electron chi connectivity index (χ3n) is 1.53. The van der Waals surface area contributed by atoms with Crippen molar-refractivity contribution in [2.24, 2.45) is 0 Å². The van der Waals surface area contributed by atoms with E-state index in [1.54, 1.807) is 0 Å². The van der Waals surface area contributed by atoms with E-state index in [4.69, 9.17) is 11.2 Å². The molecular weight excluding hydrogens is 228 g/mol. The number of benzene rings is 1. The first kappa shape index (κ1) is 10.1. The van der Waals surface area contributed by atoms with Crippen LogP contribution < -0.4 is 4.74 Å². The number of terminal acetylenes is 1. The lowest BCUT2D eigenvalue weighted by Gasteiger charge is -2.19. The van der Waals surface area contributed by atoms with Crippen LogP contribution in [-0.4, -0.2) is 5.60 Å². The Morgan fingerprint density at radius 2 is 1.85 bits per heavy atom. The molecule has 0 N–H and O–H groups in total. The molecule has 1 nitrogen and oxygen atoms in total. The van der Waals surface area contributed by atoms with Gasteiger partial charge in [0.05, 0.1) is 0 Å². The van der Waals surface area contributed by atoms with Crippen molar-refractivity contribution in [2.45, 2.75) is 19.4 Å². The van der Waals surface area contributed by atoms with Gasteiger partial charge in [-0.1, -0.05) is 21.9 Å². The Kier molecular flexibility index (Phi) is 3.00. The van der Waals surface area contributed by atoms with Crippen LogP contribution in [0, 0.1) is 12.3 Å². The van der Waals surface area contributed by atoms with E-state index in [-0.39, 0.29) is 0 Å². The Hall–Kier alpha value is -0.940. The summed E-state index contributed by atoms with van der Waals surface area (Å²) in [5.41, 5.74) is -0.548. The van der Waals surface area contributed by atoms with E-state index in [0.717, 1.165) is 10.2 Å². The Morgan fingerprint density at radius 3 is 2.31 bits per heavy atom. The zero-order valence-electron chi connectivity index (χ0n) is 7.67. The fourth-order valence-electron chi connectivity index (χ4n) is 0.827. The molecule has 68 valence electrons. The second kappa shape index (κ2) is 3.85. The molecule has 1 aromatic rings. The van der Waals surface area contributed by atoms with Crippen LogP contribution in [0.1, 0.15) is 13.8 Å². The van der Waals surface area contributed by atoms with Crippen LogP contribution >= 0.6 is 15.9 Å². The predicted octanol–water partition coefficient (Wildman–Crippen LogP) is 3.24. The van der Waals surface area contributed by atoms with Gasteiger partial charge in [-0.3, -0.25) is 0 Å². The van der Waals surface area contributed by atoms with Crippen LogP contribution in [0.4, 0.5) is 0 Å². The van der Waals surface area contributed by atoms with Crippen molar-refractivity contribution in [1.29, 1.82) is 0 Å². The van der Waals surface area contributed by atoms with Gasteiger partial charge in [-0.05, 0) is 38.1 Å². The van der Waals surface area contributed by atoms with Crippen molar-refractivity contribution < 1.29 is 4.74 Å². The molecule has 0 unspecified atom stereocenters. The van der Waals surface area contributed by atoms with E-state index in [0.29, 0.717) is 0 Å². The highest BCUT2D eigenvalue weighted by atomic mass is 79.9. The Labute approximate surface area is 87.2 Å². The average molecular weight is 239 g/mol. The normalized spacial score (nSPS) is 10.6. The average Bonchev–Trinajstić information content (AvgIpc) is 2.09.